The molecule has 3 heteroatoms. The molecule has 2 nitrogen and oxygen atoms in total. The summed E-state index contributed by atoms with van der Waals surface area (Å²) < 4.78 is 12.5. The molecule has 0 aromatic heterocycles. The number of carbonyl (C=O) groups is 1. The standard InChI is InChI=1S/C11H14FNO/c1-3-8(2)13-11(14)9-4-6-10(12)7-5-9/h4-8H,3H2,1-2H3,(H,13,14)/t8-/m1/s1. The number of amides is 1. The van der Waals surface area contributed by atoms with E-state index in [1.165, 1.54) is 24.3 Å². The van der Waals surface area contributed by atoms with Gasteiger partial charge in [0.25, 0.3) is 5.91 Å². The number of nitrogens with one attached hydrogen (secondary N) is 1. The van der Waals surface area contributed by atoms with Gasteiger partial charge < -0.3 is 5.32 Å². The largest absolute Gasteiger partial charge is 0.350 e. The van der Waals surface area contributed by atoms with E-state index in [0.29, 0.717) is 5.56 Å². The molecule has 0 bridgehead atoms. The van der Waals surface area contributed by atoms with Crippen molar-refractivity contribution in [2.45, 2.75) is 26.3 Å². The third kappa shape index (κ3) is 2.83. The fourth-order valence-electron chi connectivity index (χ4n) is 1.01. The molecule has 0 saturated heterocycles. The molecule has 1 rings (SSSR count). The van der Waals surface area contributed by atoms with Crippen LogP contribution in [0.1, 0.15) is 30.6 Å². The summed E-state index contributed by atoms with van der Waals surface area (Å²) >= 11 is 0. The van der Waals surface area contributed by atoms with Gasteiger partial charge >= 0.3 is 0 Å². The lowest BCUT2D eigenvalue weighted by molar-refractivity contribution is 0.0939. The molecule has 0 heterocycles. The van der Waals surface area contributed by atoms with Gasteiger partial charge in [0.15, 0.2) is 0 Å². The lowest BCUT2D eigenvalue weighted by atomic mass is 10.2. The first-order valence-electron chi connectivity index (χ1n) is 4.70. The molecule has 1 aromatic rings. The fraction of sp³-hybridized carbons (Fsp3) is 0.364. The molecule has 1 atom stereocenters. The predicted octanol–water partition coefficient (Wildman–Crippen LogP) is 2.35. The maximum atomic E-state index is 12.5. The molecule has 1 aromatic carbocycles. The molecular weight excluding hydrogens is 181 g/mol. The fourth-order valence-corrected chi connectivity index (χ4v) is 1.01. The molecule has 1 amide bonds. The Balaban J connectivity index is 2.65. The maximum absolute atomic E-state index is 12.5. The van der Waals surface area contributed by atoms with Gasteiger partial charge in [-0.1, -0.05) is 6.92 Å². The van der Waals surface area contributed by atoms with E-state index < -0.39 is 0 Å². The van der Waals surface area contributed by atoms with E-state index in [9.17, 15) is 9.18 Å². The van der Waals surface area contributed by atoms with E-state index in [4.69, 9.17) is 0 Å². The summed E-state index contributed by atoms with van der Waals surface area (Å²) in [5.74, 6) is -0.482. The van der Waals surface area contributed by atoms with Crippen LogP contribution in [0.15, 0.2) is 24.3 Å². The van der Waals surface area contributed by atoms with Gasteiger partial charge in [-0.05, 0) is 37.6 Å². The molecule has 76 valence electrons. The molecule has 0 spiro atoms. The zero-order valence-corrected chi connectivity index (χ0v) is 8.38. The predicted molar refractivity (Wildman–Crippen MR) is 53.6 cm³/mol. The summed E-state index contributed by atoms with van der Waals surface area (Å²) in [4.78, 5) is 11.5. The van der Waals surface area contributed by atoms with Crippen molar-refractivity contribution >= 4 is 5.91 Å². The number of hydrogen-bond donors (Lipinski definition) is 1. The van der Waals surface area contributed by atoms with Crippen molar-refractivity contribution in [1.29, 1.82) is 0 Å². The Labute approximate surface area is 83.1 Å². The molecule has 14 heavy (non-hydrogen) atoms. The number of hydrogen-bond acceptors (Lipinski definition) is 1. The SMILES string of the molecule is CC[C@@H](C)NC(=O)c1ccc(F)cc1. The van der Waals surface area contributed by atoms with Crippen LogP contribution in [0, 0.1) is 5.82 Å². The zero-order valence-electron chi connectivity index (χ0n) is 8.38. The number of benzene rings is 1. The van der Waals surface area contributed by atoms with Crippen molar-refractivity contribution in [2.24, 2.45) is 0 Å². The molecule has 0 fully saturated rings. The van der Waals surface area contributed by atoms with Crippen molar-refractivity contribution in [3.8, 4) is 0 Å². The molecule has 0 aliphatic rings. The Bertz CT molecular complexity index is 308. The first-order chi connectivity index (χ1) is 6.63. The quantitative estimate of drug-likeness (QED) is 0.788. The van der Waals surface area contributed by atoms with Gasteiger partial charge in [0.1, 0.15) is 5.82 Å². The summed E-state index contributed by atoms with van der Waals surface area (Å²) in [6, 6.07) is 5.67. The molecule has 0 radical (unpaired) electrons. The second kappa shape index (κ2) is 4.74. The second-order valence-electron chi connectivity index (χ2n) is 3.29. The Morgan fingerprint density at radius 1 is 1.43 bits per heavy atom. The van der Waals surface area contributed by atoms with Gasteiger partial charge in [0.05, 0.1) is 0 Å². The van der Waals surface area contributed by atoms with Crippen LogP contribution in [0.2, 0.25) is 0 Å². The van der Waals surface area contributed by atoms with E-state index in [1.807, 2.05) is 13.8 Å². The summed E-state index contributed by atoms with van der Waals surface area (Å²) in [6.07, 6.45) is 0.882. The van der Waals surface area contributed by atoms with Crippen LogP contribution in [0.3, 0.4) is 0 Å². The van der Waals surface area contributed by atoms with Crippen LogP contribution in [0.25, 0.3) is 0 Å². The first kappa shape index (κ1) is 10.7. The highest BCUT2D eigenvalue weighted by Gasteiger charge is 2.07. The second-order valence-corrected chi connectivity index (χ2v) is 3.29. The van der Waals surface area contributed by atoms with Crippen LogP contribution in [-0.4, -0.2) is 11.9 Å². The number of carbonyl (C=O) groups excluding carboxylic acids is 1. The molecule has 0 aliphatic carbocycles. The van der Waals surface area contributed by atoms with Crippen molar-refractivity contribution in [2.75, 3.05) is 0 Å². The lowest BCUT2D eigenvalue weighted by Gasteiger charge is -2.10. The van der Waals surface area contributed by atoms with Crippen molar-refractivity contribution in [1.82, 2.24) is 5.32 Å². The highest BCUT2D eigenvalue weighted by Crippen LogP contribution is 2.03. The Kier molecular flexibility index (Phi) is 3.63. The highest BCUT2D eigenvalue weighted by atomic mass is 19.1. The van der Waals surface area contributed by atoms with Crippen LogP contribution in [-0.2, 0) is 0 Å². The first-order valence-corrected chi connectivity index (χ1v) is 4.70. The van der Waals surface area contributed by atoms with Crippen LogP contribution >= 0.6 is 0 Å². The van der Waals surface area contributed by atoms with Crippen LogP contribution in [0.5, 0.6) is 0 Å². The molecule has 0 saturated carbocycles. The van der Waals surface area contributed by atoms with E-state index >= 15 is 0 Å². The minimum Gasteiger partial charge on any atom is -0.350 e. The van der Waals surface area contributed by atoms with Gasteiger partial charge in [-0.3, -0.25) is 4.79 Å². The number of halogens is 1. The Morgan fingerprint density at radius 3 is 2.50 bits per heavy atom. The van der Waals surface area contributed by atoms with E-state index in [1.54, 1.807) is 0 Å². The topological polar surface area (TPSA) is 29.1 Å². The summed E-state index contributed by atoms with van der Waals surface area (Å²) in [5, 5.41) is 2.80. The summed E-state index contributed by atoms with van der Waals surface area (Å²) in [6.45, 7) is 3.93. The highest BCUT2D eigenvalue weighted by molar-refractivity contribution is 5.94. The minimum absolute atomic E-state index is 0.146. The lowest BCUT2D eigenvalue weighted by Crippen LogP contribution is -2.31. The van der Waals surface area contributed by atoms with Crippen molar-refractivity contribution in [3.05, 3.63) is 35.6 Å². The summed E-state index contributed by atoms with van der Waals surface area (Å²) in [5.41, 5.74) is 0.492. The monoisotopic (exact) mass is 195 g/mol. The van der Waals surface area contributed by atoms with Crippen molar-refractivity contribution < 1.29 is 9.18 Å². The van der Waals surface area contributed by atoms with Crippen molar-refractivity contribution in [3.63, 3.8) is 0 Å². The third-order valence-corrected chi connectivity index (χ3v) is 2.10. The molecular formula is C11H14FNO. The maximum Gasteiger partial charge on any atom is 0.251 e. The normalized spacial score (nSPS) is 12.2. The van der Waals surface area contributed by atoms with Gasteiger partial charge in [0, 0.05) is 11.6 Å². The van der Waals surface area contributed by atoms with Gasteiger partial charge in [-0.25, -0.2) is 4.39 Å². The van der Waals surface area contributed by atoms with Gasteiger partial charge in [0.2, 0.25) is 0 Å². The minimum atomic E-state index is -0.329. The van der Waals surface area contributed by atoms with E-state index in [-0.39, 0.29) is 17.8 Å². The summed E-state index contributed by atoms with van der Waals surface area (Å²) in [7, 11) is 0. The third-order valence-electron chi connectivity index (χ3n) is 2.10. The average molecular weight is 195 g/mol. The zero-order chi connectivity index (χ0) is 10.6. The molecule has 1 N–H and O–H groups in total. The molecule has 0 aliphatic heterocycles. The van der Waals surface area contributed by atoms with Gasteiger partial charge in [-0.2, -0.15) is 0 Å². The van der Waals surface area contributed by atoms with E-state index in [0.717, 1.165) is 6.42 Å². The Hall–Kier alpha value is -1.38. The molecule has 0 unspecified atom stereocenters. The average Bonchev–Trinajstić information content (AvgIpc) is 2.18. The Morgan fingerprint density at radius 2 is 2.00 bits per heavy atom. The van der Waals surface area contributed by atoms with Crippen LogP contribution in [0.4, 0.5) is 4.39 Å². The van der Waals surface area contributed by atoms with Gasteiger partial charge in [-0.15, -0.1) is 0 Å². The number of rotatable bonds is 3. The smallest absolute Gasteiger partial charge is 0.251 e. The van der Waals surface area contributed by atoms with Crippen LogP contribution < -0.4 is 5.32 Å². The van der Waals surface area contributed by atoms with E-state index in [2.05, 4.69) is 5.32 Å².